The van der Waals surface area contributed by atoms with E-state index in [1.807, 2.05) is 0 Å². The molecule has 0 aliphatic carbocycles. The lowest BCUT2D eigenvalue weighted by atomic mass is 10.2. The minimum absolute atomic E-state index is 0.00673. The summed E-state index contributed by atoms with van der Waals surface area (Å²) in [5.41, 5.74) is -0.332. The fraction of sp³-hybridized carbons (Fsp3) is 0.133. The molecule has 0 bridgehead atoms. The topological polar surface area (TPSA) is 163 Å². The predicted octanol–water partition coefficient (Wildman–Crippen LogP) is 1.85. The Balaban J connectivity index is 1.84. The summed E-state index contributed by atoms with van der Waals surface area (Å²) in [4.78, 5) is 36.6. The van der Waals surface area contributed by atoms with Crippen molar-refractivity contribution in [3.63, 3.8) is 0 Å². The number of nitrogens with zero attached hydrogens (tertiary/aromatic N) is 2. The lowest BCUT2D eigenvalue weighted by Crippen LogP contribution is -2.16. The number of carbonyl (C=O) groups is 1. The van der Waals surface area contributed by atoms with Gasteiger partial charge in [0.05, 0.1) is 21.7 Å². The molecule has 0 radical (unpaired) electrons. The SMILES string of the molecule is CC(O)c1cc(Oc2c(Cl)cc(NC(=O)c3noc(=O)[nH]3)cc2Cl)n[nH]c1=O. The molecule has 3 rings (SSSR count). The maximum Gasteiger partial charge on any atom is 0.439 e. The van der Waals surface area contributed by atoms with Crippen LogP contribution in [0.1, 0.15) is 29.2 Å². The van der Waals surface area contributed by atoms with E-state index in [0.29, 0.717) is 0 Å². The molecule has 1 aromatic carbocycles. The Bertz CT molecular complexity index is 1130. The molecule has 146 valence electrons. The highest BCUT2D eigenvalue weighted by molar-refractivity contribution is 6.37. The molecule has 0 saturated heterocycles. The number of hydrogen-bond donors (Lipinski definition) is 4. The lowest BCUT2D eigenvalue weighted by Gasteiger charge is -2.12. The molecule has 4 N–H and O–H groups in total. The number of nitrogens with one attached hydrogen (secondary N) is 3. The van der Waals surface area contributed by atoms with Gasteiger partial charge in [0.25, 0.3) is 11.5 Å². The molecule has 28 heavy (non-hydrogen) atoms. The van der Waals surface area contributed by atoms with Crippen LogP contribution in [0.25, 0.3) is 0 Å². The van der Waals surface area contributed by atoms with E-state index in [-0.39, 0.29) is 38.8 Å². The molecule has 11 nitrogen and oxygen atoms in total. The van der Waals surface area contributed by atoms with Gasteiger partial charge in [0.15, 0.2) is 5.75 Å². The molecule has 0 fully saturated rings. The molecule has 0 aliphatic heterocycles. The number of ether oxygens (including phenoxy) is 1. The Morgan fingerprint density at radius 1 is 1.29 bits per heavy atom. The van der Waals surface area contributed by atoms with Crippen LogP contribution in [0.3, 0.4) is 0 Å². The molecule has 0 spiro atoms. The van der Waals surface area contributed by atoms with Gasteiger partial charge in [-0.1, -0.05) is 23.2 Å². The largest absolute Gasteiger partial charge is 0.439 e. The van der Waals surface area contributed by atoms with Gasteiger partial charge in [-0.2, -0.15) is 0 Å². The minimum atomic E-state index is -1.04. The van der Waals surface area contributed by atoms with Crippen LogP contribution in [0.15, 0.2) is 32.3 Å². The zero-order valence-corrected chi connectivity index (χ0v) is 15.5. The maximum absolute atomic E-state index is 12.0. The molecular weight excluding hydrogens is 417 g/mol. The van der Waals surface area contributed by atoms with Crippen molar-refractivity contribution in [2.75, 3.05) is 5.32 Å². The normalized spacial score (nSPS) is 11.9. The first-order valence-corrected chi connectivity index (χ1v) is 8.32. The monoisotopic (exact) mass is 427 g/mol. The van der Waals surface area contributed by atoms with Gasteiger partial charge in [-0.05, 0) is 24.2 Å². The standard InChI is InChI=1S/C15H11Cl2N5O6/c1-5(23)7-4-10(20-21-13(7)24)27-11-8(16)2-6(3-9(11)17)18-14(25)12-19-15(26)28-22-12/h2-5,23H,1H3,(H,18,25)(H,21,24)(H,19,22,26). The van der Waals surface area contributed by atoms with Crippen molar-refractivity contribution in [2.45, 2.75) is 13.0 Å². The van der Waals surface area contributed by atoms with Crippen LogP contribution < -0.4 is 21.4 Å². The summed E-state index contributed by atoms with van der Waals surface area (Å²) in [6, 6.07) is 3.91. The second-order valence-corrected chi connectivity index (χ2v) is 6.25. The van der Waals surface area contributed by atoms with Crippen molar-refractivity contribution in [1.29, 1.82) is 0 Å². The molecule has 1 unspecified atom stereocenters. The number of halogens is 2. The van der Waals surface area contributed by atoms with E-state index < -0.39 is 23.3 Å². The number of hydrogen-bond acceptors (Lipinski definition) is 8. The average molecular weight is 428 g/mol. The summed E-state index contributed by atoms with van der Waals surface area (Å²) >= 11 is 12.3. The zero-order chi connectivity index (χ0) is 20.4. The summed E-state index contributed by atoms with van der Waals surface area (Å²) in [6.45, 7) is 1.41. The van der Waals surface area contributed by atoms with Crippen molar-refractivity contribution in [3.05, 3.63) is 60.5 Å². The molecule has 3 aromatic rings. The first-order valence-electron chi connectivity index (χ1n) is 7.56. The highest BCUT2D eigenvalue weighted by Crippen LogP contribution is 2.38. The van der Waals surface area contributed by atoms with Gasteiger partial charge < -0.3 is 15.2 Å². The third kappa shape index (κ3) is 4.22. The minimum Gasteiger partial charge on any atom is -0.434 e. The molecule has 1 atom stereocenters. The summed E-state index contributed by atoms with van der Waals surface area (Å²) in [5.74, 6) is -2.02. The van der Waals surface area contributed by atoms with Gasteiger partial charge in [0.1, 0.15) is 0 Å². The second kappa shape index (κ2) is 7.84. The summed E-state index contributed by atoms with van der Waals surface area (Å²) in [7, 11) is 0. The van der Waals surface area contributed by atoms with E-state index in [1.165, 1.54) is 25.1 Å². The number of rotatable bonds is 5. The number of aliphatic hydroxyl groups excluding tert-OH is 1. The number of aromatic nitrogens is 4. The molecule has 0 saturated carbocycles. The number of benzene rings is 1. The highest BCUT2D eigenvalue weighted by Gasteiger charge is 2.17. The van der Waals surface area contributed by atoms with Crippen molar-refractivity contribution >= 4 is 34.8 Å². The van der Waals surface area contributed by atoms with E-state index in [4.69, 9.17) is 27.9 Å². The van der Waals surface area contributed by atoms with Crippen LogP contribution in [-0.2, 0) is 0 Å². The van der Waals surface area contributed by atoms with Gasteiger partial charge in [0, 0.05) is 11.8 Å². The number of carbonyl (C=O) groups excluding carboxylic acids is 1. The smallest absolute Gasteiger partial charge is 0.434 e. The zero-order valence-electron chi connectivity index (χ0n) is 13.9. The van der Waals surface area contributed by atoms with Crippen LogP contribution in [0.4, 0.5) is 5.69 Å². The maximum atomic E-state index is 12.0. The third-order valence-corrected chi connectivity index (χ3v) is 3.94. The molecule has 2 heterocycles. The second-order valence-electron chi connectivity index (χ2n) is 5.44. The fourth-order valence-corrected chi connectivity index (χ4v) is 2.68. The Labute approximate surface area is 165 Å². The molecule has 2 aromatic heterocycles. The van der Waals surface area contributed by atoms with Gasteiger partial charge in [0.2, 0.25) is 11.7 Å². The lowest BCUT2D eigenvalue weighted by molar-refractivity contribution is 0.101. The number of anilines is 1. The number of H-pyrrole nitrogens is 2. The van der Waals surface area contributed by atoms with Gasteiger partial charge in [-0.15, -0.1) is 5.10 Å². The number of amides is 1. The van der Waals surface area contributed by atoms with E-state index >= 15 is 0 Å². The summed E-state index contributed by atoms with van der Waals surface area (Å²) in [5, 5.41) is 21.2. The van der Waals surface area contributed by atoms with Crippen molar-refractivity contribution in [2.24, 2.45) is 0 Å². The predicted molar refractivity (Wildman–Crippen MR) is 97.1 cm³/mol. The van der Waals surface area contributed by atoms with E-state index in [0.717, 1.165) is 0 Å². The summed E-state index contributed by atoms with van der Waals surface area (Å²) in [6.07, 6.45) is -1.04. The molecule has 1 amide bonds. The molecular formula is C15H11Cl2N5O6. The highest BCUT2D eigenvalue weighted by atomic mass is 35.5. The van der Waals surface area contributed by atoms with Gasteiger partial charge >= 0.3 is 5.76 Å². The first kappa shape index (κ1) is 19.6. The molecule has 0 aliphatic rings. The average Bonchev–Trinajstić information content (AvgIpc) is 3.06. The first-order chi connectivity index (χ1) is 13.2. The number of aromatic amines is 2. The Morgan fingerprint density at radius 3 is 2.54 bits per heavy atom. The van der Waals surface area contributed by atoms with E-state index in [9.17, 15) is 19.5 Å². The van der Waals surface area contributed by atoms with Crippen molar-refractivity contribution in [1.82, 2.24) is 20.3 Å². The van der Waals surface area contributed by atoms with Crippen LogP contribution in [0.5, 0.6) is 11.6 Å². The van der Waals surface area contributed by atoms with E-state index in [2.05, 4.69) is 30.2 Å². The van der Waals surface area contributed by atoms with Gasteiger partial charge in [-0.3, -0.25) is 19.1 Å². The Morgan fingerprint density at radius 2 is 1.96 bits per heavy atom. The Kier molecular flexibility index (Phi) is 5.49. The van der Waals surface area contributed by atoms with E-state index in [1.54, 1.807) is 0 Å². The van der Waals surface area contributed by atoms with Crippen LogP contribution in [-0.4, -0.2) is 31.4 Å². The summed E-state index contributed by atoms with van der Waals surface area (Å²) < 4.78 is 9.74. The van der Waals surface area contributed by atoms with Crippen molar-refractivity contribution in [3.8, 4) is 11.6 Å². The van der Waals surface area contributed by atoms with Gasteiger partial charge in [-0.25, -0.2) is 9.89 Å². The fourth-order valence-electron chi connectivity index (χ4n) is 2.12. The number of aliphatic hydroxyl groups is 1. The molecule has 13 heteroatoms. The third-order valence-electron chi connectivity index (χ3n) is 3.38. The van der Waals surface area contributed by atoms with Crippen LogP contribution >= 0.6 is 23.2 Å². The quantitative estimate of drug-likeness (QED) is 0.478. The van der Waals surface area contributed by atoms with Crippen LogP contribution in [0, 0.1) is 0 Å². The Hall–Kier alpha value is -3.15. The van der Waals surface area contributed by atoms with Crippen molar-refractivity contribution < 1.29 is 19.2 Å². The van der Waals surface area contributed by atoms with Crippen LogP contribution in [0.2, 0.25) is 10.0 Å².